The summed E-state index contributed by atoms with van der Waals surface area (Å²) in [5.41, 5.74) is 0.319. The first-order chi connectivity index (χ1) is 16.4. The van der Waals surface area contributed by atoms with Crippen molar-refractivity contribution in [3.8, 4) is 22.6 Å². The molecule has 1 aromatic heterocycles. The fourth-order valence-electron chi connectivity index (χ4n) is 3.53. The summed E-state index contributed by atoms with van der Waals surface area (Å²) in [6, 6.07) is 15.7. The van der Waals surface area contributed by atoms with Crippen LogP contribution in [0.2, 0.25) is 5.02 Å². The Hall–Kier alpha value is -3.84. The topological polar surface area (TPSA) is 75.0 Å². The molecule has 1 heterocycles. The van der Waals surface area contributed by atoms with Crippen molar-refractivity contribution in [3.05, 3.63) is 93.1 Å². The lowest BCUT2D eigenvalue weighted by Gasteiger charge is -2.13. The quantitative estimate of drug-likeness (QED) is 0.300. The number of carbonyl (C=O) groups excluding carboxylic acids is 1. The number of hydrogen-bond donors (Lipinski definition) is 0. The van der Waals surface area contributed by atoms with E-state index in [1.165, 1.54) is 31.4 Å². The molecule has 174 valence electrons. The van der Waals surface area contributed by atoms with E-state index in [4.69, 9.17) is 30.2 Å². The highest BCUT2D eigenvalue weighted by molar-refractivity contribution is 6.31. The lowest BCUT2D eigenvalue weighted by molar-refractivity contribution is 0.0492. The second-order valence-electron chi connectivity index (χ2n) is 7.20. The number of rotatable bonds is 7. The van der Waals surface area contributed by atoms with Crippen molar-refractivity contribution in [2.45, 2.75) is 13.5 Å². The van der Waals surface area contributed by atoms with Gasteiger partial charge in [-0.1, -0.05) is 35.9 Å². The van der Waals surface area contributed by atoms with E-state index < -0.39 is 17.2 Å². The first-order valence-electron chi connectivity index (χ1n) is 10.4. The minimum atomic E-state index is -0.785. The summed E-state index contributed by atoms with van der Waals surface area (Å²) in [7, 11) is 1.47. The highest BCUT2D eigenvalue weighted by Crippen LogP contribution is 2.33. The van der Waals surface area contributed by atoms with Crippen molar-refractivity contribution in [3.63, 3.8) is 0 Å². The number of carbonyl (C=O) groups is 1. The maximum atomic E-state index is 14.1. The van der Waals surface area contributed by atoms with Crippen molar-refractivity contribution >= 4 is 28.5 Å². The van der Waals surface area contributed by atoms with Crippen LogP contribution in [0.5, 0.6) is 11.5 Å². The number of hydrogen-bond acceptors (Lipinski definition) is 6. The van der Waals surface area contributed by atoms with E-state index in [-0.39, 0.29) is 46.1 Å². The summed E-state index contributed by atoms with van der Waals surface area (Å²) < 4.78 is 36.1. The summed E-state index contributed by atoms with van der Waals surface area (Å²) in [5.74, 6) is -0.827. The van der Waals surface area contributed by atoms with Crippen molar-refractivity contribution in [2.75, 3.05) is 13.7 Å². The van der Waals surface area contributed by atoms with Crippen LogP contribution in [-0.2, 0) is 11.3 Å². The van der Waals surface area contributed by atoms with Gasteiger partial charge in [-0.05, 0) is 37.3 Å². The lowest BCUT2D eigenvalue weighted by atomic mass is 10.0. The van der Waals surface area contributed by atoms with Crippen LogP contribution in [0.25, 0.3) is 22.1 Å². The molecule has 4 rings (SSSR count). The zero-order valence-corrected chi connectivity index (χ0v) is 19.1. The molecule has 0 atom stereocenters. The standard InChI is InChI=1S/C26H20ClFO6/c1-3-32-26(30)25-23(16-7-4-5-10-21(16)31-2)24(29)17-12-11-15(13-22(17)34-25)33-14-18-19(27)8-6-9-20(18)28/h4-13H,3,14H2,1-2H3. The number of fused-ring (bicyclic) bond motifs is 1. The van der Waals surface area contributed by atoms with Crippen LogP contribution in [0.15, 0.2) is 69.9 Å². The fourth-order valence-corrected chi connectivity index (χ4v) is 3.74. The molecule has 0 unspecified atom stereocenters. The van der Waals surface area contributed by atoms with Gasteiger partial charge in [-0.25, -0.2) is 9.18 Å². The van der Waals surface area contributed by atoms with Gasteiger partial charge in [0.05, 0.1) is 29.7 Å². The van der Waals surface area contributed by atoms with Crippen LogP contribution in [0.1, 0.15) is 23.0 Å². The van der Waals surface area contributed by atoms with Crippen molar-refractivity contribution < 1.29 is 27.8 Å². The van der Waals surface area contributed by atoms with Crippen molar-refractivity contribution in [1.29, 1.82) is 0 Å². The number of esters is 1. The summed E-state index contributed by atoms with van der Waals surface area (Å²) in [4.78, 5) is 26.2. The van der Waals surface area contributed by atoms with Gasteiger partial charge in [0.1, 0.15) is 29.5 Å². The Balaban J connectivity index is 1.82. The van der Waals surface area contributed by atoms with Gasteiger partial charge < -0.3 is 18.6 Å². The Morgan fingerprint density at radius 3 is 2.62 bits per heavy atom. The average Bonchev–Trinajstić information content (AvgIpc) is 2.83. The number of ether oxygens (including phenoxy) is 3. The average molecular weight is 483 g/mol. The molecule has 4 aromatic rings. The smallest absolute Gasteiger partial charge is 0.375 e. The molecule has 8 heteroatoms. The number of methoxy groups -OCH3 is 1. The Morgan fingerprint density at radius 1 is 1.09 bits per heavy atom. The van der Waals surface area contributed by atoms with Crippen molar-refractivity contribution in [1.82, 2.24) is 0 Å². The van der Waals surface area contributed by atoms with Crippen LogP contribution >= 0.6 is 11.6 Å². The molecule has 34 heavy (non-hydrogen) atoms. The summed E-state index contributed by atoms with van der Waals surface area (Å²) in [6.45, 7) is 1.61. The third kappa shape index (κ3) is 4.47. The largest absolute Gasteiger partial charge is 0.496 e. The molecule has 0 bridgehead atoms. The minimum Gasteiger partial charge on any atom is -0.496 e. The Bertz CT molecular complexity index is 1410. The van der Waals surface area contributed by atoms with Gasteiger partial charge in [0.2, 0.25) is 11.2 Å². The molecule has 0 amide bonds. The normalized spacial score (nSPS) is 10.8. The number of benzene rings is 3. The maximum absolute atomic E-state index is 14.1. The van der Waals surface area contributed by atoms with E-state index in [0.717, 1.165) is 0 Å². The van der Waals surface area contributed by atoms with Gasteiger partial charge in [-0.3, -0.25) is 4.79 Å². The molecule has 3 aromatic carbocycles. The predicted octanol–water partition coefficient (Wildman–Crippen LogP) is 6.02. The molecule has 6 nitrogen and oxygen atoms in total. The monoisotopic (exact) mass is 482 g/mol. The fraction of sp³-hybridized carbons (Fsp3) is 0.154. The van der Waals surface area contributed by atoms with E-state index in [2.05, 4.69) is 0 Å². The minimum absolute atomic E-state index is 0.0372. The zero-order chi connectivity index (χ0) is 24.2. The predicted molar refractivity (Wildman–Crippen MR) is 126 cm³/mol. The summed E-state index contributed by atoms with van der Waals surface area (Å²) in [5, 5.41) is 0.462. The van der Waals surface area contributed by atoms with E-state index in [1.54, 1.807) is 43.3 Å². The Kier molecular flexibility index (Phi) is 6.84. The van der Waals surface area contributed by atoms with Crippen molar-refractivity contribution in [2.24, 2.45) is 0 Å². The third-order valence-corrected chi connectivity index (χ3v) is 5.50. The molecular formula is C26H20ClFO6. The van der Waals surface area contributed by atoms with E-state index in [9.17, 15) is 14.0 Å². The van der Waals surface area contributed by atoms with Crippen LogP contribution in [-0.4, -0.2) is 19.7 Å². The van der Waals surface area contributed by atoms with E-state index in [0.29, 0.717) is 17.1 Å². The third-order valence-electron chi connectivity index (χ3n) is 5.15. The van der Waals surface area contributed by atoms with Gasteiger partial charge in [-0.15, -0.1) is 0 Å². The second-order valence-corrected chi connectivity index (χ2v) is 7.61. The SMILES string of the molecule is CCOC(=O)c1oc2cc(OCc3c(F)cccc3Cl)ccc2c(=O)c1-c1ccccc1OC. The van der Waals surface area contributed by atoms with Crippen LogP contribution < -0.4 is 14.9 Å². The van der Waals surface area contributed by atoms with Gasteiger partial charge in [0, 0.05) is 17.2 Å². The molecule has 0 aliphatic heterocycles. The van der Waals surface area contributed by atoms with Crippen LogP contribution in [0.4, 0.5) is 4.39 Å². The molecule has 0 spiro atoms. The molecule has 0 saturated heterocycles. The molecule has 0 radical (unpaired) electrons. The molecular weight excluding hydrogens is 463 g/mol. The molecule has 0 fully saturated rings. The van der Waals surface area contributed by atoms with E-state index in [1.807, 2.05) is 0 Å². The lowest BCUT2D eigenvalue weighted by Crippen LogP contribution is -2.15. The maximum Gasteiger partial charge on any atom is 0.375 e. The Labute approximate surface area is 199 Å². The van der Waals surface area contributed by atoms with Gasteiger partial charge >= 0.3 is 5.97 Å². The van der Waals surface area contributed by atoms with Crippen LogP contribution in [0.3, 0.4) is 0 Å². The van der Waals surface area contributed by atoms with Gasteiger partial charge in [0.15, 0.2) is 0 Å². The molecule has 0 aliphatic carbocycles. The number of halogens is 2. The highest BCUT2D eigenvalue weighted by atomic mass is 35.5. The first-order valence-corrected chi connectivity index (χ1v) is 10.8. The Morgan fingerprint density at radius 2 is 1.88 bits per heavy atom. The second kappa shape index (κ2) is 9.97. The van der Waals surface area contributed by atoms with Gasteiger partial charge in [0.25, 0.3) is 0 Å². The molecule has 0 N–H and O–H groups in total. The number of para-hydroxylation sites is 1. The van der Waals surface area contributed by atoms with Gasteiger partial charge in [-0.2, -0.15) is 0 Å². The first kappa shape index (κ1) is 23.3. The molecule has 0 saturated carbocycles. The molecule has 0 aliphatic rings. The highest BCUT2D eigenvalue weighted by Gasteiger charge is 2.25. The zero-order valence-electron chi connectivity index (χ0n) is 18.4. The van der Waals surface area contributed by atoms with Crippen LogP contribution in [0, 0.1) is 5.82 Å². The summed E-state index contributed by atoms with van der Waals surface area (Å²) in [6.07, 6.45) is 0. The summed E-state index contributed by atoms with van der Waals surface area (Å²) >= 11 is 6.06. The van der Waals surface area contributed by atoms with E-state index >= 15 is 0 Å².